The Balaban J connectivity index is 1.59. The van der Waals surface area contributed by atoms with Crippen molar-refractivity contribution in [2.75, 3.05) is 10.6 Å². The van der Waals surface area contributed by atoms with E-state index in [1.165, 1.54) is 0 Å². The first-order valence-electron chi connectivity index (χ1n) is 8.04. The predicted molar refractivity (Wildman–Crippen MR) is 104 cm³/mol. The van der Waals surface area contributed by atoms with Crippen LogP contribution in [-0.2, 0) is 0 Å². The minimum Gasteiger partial charge on any atom is -0.457 e. The van der Waals surface area contributed by atoms with Crippen LogP contribution in [0.4, 0.5) is 16.2 Å². The standard InChI is InChI=1S/C20H18ClN3O2/c1-13-11-16(5-8-19(13)21)24-20(25)23-15-3-6-17(7-4-15)26-18-9-10-22-14(2)12-18/h3-12H,1-2H3,(H2,23,24,25). The van der Waals surface area contributed by atoms with Crippen molar-refractivity contribution in [3.8, 4) is 11.5 Å². The van der Waals surface area contributed by atoms with E-state index in [0.29, 0.717) is 27.9 Å². The largest absolute Gasteiger partial charge is 0.457 e. The molecule has 26 heavy (non-hydrogen) atoms. The molecule has 0 bridgehead atoms. The van der Waals surface area contributed by atoms with Gasteiger partial charge in [-0.15, -0.1) is 0 Å². The fraction of sp³-hybridized carbons (Fsp3) is 0.100. The molecule has 0 aliphatic carbocycles. The number of nitrogens with zero attached hydrogens (tertiary/aromatic N) is 1. The Morgan fingerprint density at radius 2 is 1.62 bits per heavy atom. The van der Waals surface area contributed by atoms with Crippen LogP contribution >= 0.6 is 11.6 Å². The van der Waals surface area contributed by atoms with Crippen molar-refractivity contribution in [3.05, 3.63) is 77.1 Å². The zero-order chi connectivity index (χ0) is 18.5. The molecule has 5 nitrogen and oxygen atoms in total. The molecule has 0 fully saturated rings. The maximum atomic E-state index is 12.1. The van der Waals surface area contributed by atoms with Crippen molar-refractivity contribution >= 4 is 29.0 Å². The molecule has 1 aromatic heterocycles. The van der Waals surface area contributed by atoms with Gasteiger partial charge in [0.1, 0.15) is 11.5 Å². The SMILES string of the molecule is Cc1cc(Oc2ccc(NC(=O)Nc3ccc(Cl)c(C)c3)cc2)ccn1. The molecule has 3 rings (SSSR count). The Morgan fingerprint density at radius 3 is 2.31 bits per heavy atom. The van der Waals surface area contributed by atoms with E-state index < -0.39 is 0 Å². The average Bonchev–Trinajstić information content (AvgIpc) is 2.60. The van der Waals surface area contributed by atoms with Gasteiger partial charge in [0.2, 0.25) is 0 Å². The third-order valence-electron chi connectivity index (χ3n) is 3.63. The minimum absolute atomic E-state index is 0.329. The summed E-state index contributed by atoms with van der Waals surface area (Å²) < 4.78 is 5.76. The first-order valence-corrected chi connectivity index (χ1v) is 8.42. The highest BCUT2D eigenvalue weighted by molar-refractivity contribution is 6.31. The van der Waals surface area contributed by atoms with E-state index in [1.54, 1.807) is 48.7 Å². The number of aryl methyl sites for hydroxylation is 2. The molecular weight excluding hydrogens is 350 g/mol. The van der Waals surface area contributed by atoms with Gasteiger partial charge in [-0.05, 0) is 67.9 Å². The summed E-state index contributed by atoms with van der Waals surface area (Å²) in [5.41, 5.74) is 3.12. The van der Waals surface area contributed by atoms with Crippen LogP contribution in [0, 0.1) is 13.8 Å². The lowest BCUT2D eigenvalue weighted by Crippen LogP contribution is -2.19. The Labute approximate surface area is 157 Å². The van der Waals surface area contributed by atoms with E-state index in [2.05, 4.69) is 15.6 Å². The van der Waals surface area contributed by atoms with E-state index in [4.69, 9.17) is 16.3 Å². The number of carbonyl (C=O) groups is 1. The molecule has 6 heteroatoms. The minimum atomic E-state index is -0.329. The number of hydrogen-bond donors (Lipinski definition) is 2. The summed E-state index contributed by atoms with van der Waals surface area (Å²) in [5, 5.41) is 6.21. The highest BCUT2D eigenvalue weighted by Gasteiger charge is 2.05. The highest BCUT2D eigenvalue weighted by atomic mass is 35.5. The number of aromatic nitrogens is 1. The summed E-state index contributed by atoms with van der Waals surface area (Å²) in [6.07, 6.45) is 1.70. The molecule has 0 radical (unpaired) electrons. The highest BCUT2D eigenvalue weighted by Crippen LogP contribution is 2.23. The van der Waals surface area contributed by atoms with Gasteiger partial charge in [-0.1, -0.05) is 11.6 Å². The van der Waals surface area contributed by atoms with Crippen molar-refractivity contribution in [2.45, 2.75) is 13.8 Å². The van der Waals surface area contributed by atoms with Crippen LogP contribution in [0.15, 0.2) is 60.8 Å². The number of nitrogens with one attached hydrogen (secondary N) is 2. The number of halogens is 1. The van der Waals surface area contributed by atoms with Crippen LogP contribution in [0.5, 0.6) is 11.5 Å². The molecule has 0 saturated heterocycles. The lowest BCUT2D eigenvalue weighted by Gasteiger charge is -2.10. The van der Waals surface area contributed by atoms with Crippen LogP contribution in [0.2, 0.25) is 5.02 Å². The number of benzene rings is 2. The zero-order valence-corrected chi connectivity index (χ0v) is 15.2. The first kappa shape index (κ1) is 17.8. The molecule has 2 amide bonds. The number of urea groups is 1. The van der Waals surface area contributed by atoms with Gasteiger partial charge in [-0.3, -0.25) is 4.98 Å². The van der Waals surface area contributed by atoms with E-state index >= 15 is 0 Å². The molecule has 0 aliphatic rings. The Bertz CT molecular complexity index is 927. The number of rotatable bonds is 4. The van der Waals surface area contributed by atoms with Gasteiger partial charge in [0.25, 0.3) is 0 Å². The van der Waals surface area contributed by atoms with E-state index in [1.807, 2.05) is 26.0 Å². The third-order valence-corrected chi connectivity index (χ3v) is 4.06. The van der Waals surface area contributed by atoms with Crippen LogP contribution in [0.25, 0.3) is 0 Å². The predicted octanol–water partition coefficient (Wildman–Crippen LogP) is 5.79. The summed E-state index contributed by atoms with van der Waals surface area (Å²) >= 11 is 5.98. The van der Waals surface area contributed by atoms with Crippen molar-refractivity contribution < 1.29 is 9.53 Å². The molecule has 0 spiro atoms. The second kappa shape index (κ2) is 7.89. The number of carbonyl (C=O) groups excluding carboxylic acids is 1. The lowest BCUT2D eigenvalue weighted by molar-refractivity contribution is 0.262. The zero-order valence-electron chi connectivity index (χ0n) is 14.4. The van der Waals surface area contributed by atoms with Crippen molar-refractivity contribution in [1.29, 1.82) is 0 Å². The summed E-state index contributed by atoms with van der Waals surface area (Å²) in [4.78, 5) is 16.2. The van der Waals surface area contributed by atoms with Crippen molar-refractivity contribution in [1.82, 2.24) is 4.98 Å². The number of pyridine rings is 1. The second-order valence-electron chi connectivity index (χ2n) is 5.80. The smallest absolute Gasteiger partial charge is 0.323 e. The van der Waals surface area contributed by atoms with Crippen LogP contribution in [-0.4, -0.2) is 11.0 Å². The molecular formula is C20H18ClN3O2. The third kappa shape index (κ3) is 4.74. The molecule has 132 valence electrons. The van der Waals surface area contributed by atoms with Gasteiger partial charge in [-0.25, -0.2) is 4.79 Å². The fourth-order valence-electron chi connectivity index (χ4n) is 2.34. The van der Waals surface area contributed by atoms with Gasteiger partial charge >= 0.3 is 6.03 Å². The van der Waals surface area contributed by atoms with E-state index in [0.717, 1.165) is 11.3 Å². The molecule has 0 aliphatic heterocycles. The average molecular weight is 368 g/mol. The quantitative estimate of drug-likeness (QED) is 0.613. The molecule has 0 saturated carbocycles. The van der Waals surface area contributed by atoms with Crippen LogP contribution in [0.3, 0.4) is 0 Å². The Hall–Kier alpha value is -3.05. The molecule has 3 aromatic rings. The van der Waals surface area contributed by atoms with Crippen LogP contribution in [0.1, 0.15) is 11.3 Å². The number of hydrogen-bond acceptors (Lipinski definition) is 3. The molecule has 2 N–H and O–H groups in total. The van der Waals surface area contributed by atoms with Gasteiger partial charge in [0.15, 0.2) is 0 Å². The van der Waals surface area contributed by atoms with Gasteiger partial charge < -0.3 is 15.4 Å². The summed E-state index contributed by atoms with van der Waals surface area (Å²) in [7, 11) is 0. The molecule has 1 heterocycles. The van der Waals surface area contributed by atoms with Gasteiger partial charge in [0, 0.05) is 34.4 Å². The Morgan fingerprint density at radius 1 is 0.923 bits per heavy atom. The second-order valence-corrected chi connectivity index (χ2v) is 6.21. The van der Waals surface area contributed by atoms with E-state index in [9.17, 15) is 4.79 Å². The summed E-state index contributed by atoms with van der Waals surface area (Å²) in [6, 6.07) is 15.8. The topological polar surface area (TPSA) is 63.2 Å². The normalized spacial score (nSPS) is 10.3. The molecule has 2 aromatic carbocycles. The van der Waals surface area contributed by atoms with Crippen molar-refractivity contribution in [3.63, 3.8) is 0 Å². The van der Waals surface area contributed by atoms with Gasteiger partial charge in [0.05, 0.1) is 0 Å². The maximum Gasteiger partial charge on any atom is 0.323 e. The molecule has 0 atom stereocenters. The Kier molecular flexibility index (Phi) is 5.39. The number of ether oxygens (including phenoxy) is 1. The monoisotopic (exact) mass is 367 g/mol. The summed E-state index contributed by atoms with van der Waals surface area (Å²) in [5.74, 6) is 1.39. The number of anilines is 2. The first-order chi connectivity index (χ1) is 12.5. The maximum absolute atomic E-state index is 12.1. The van der Waals surface area contributed by atoms with Gasteiger partial charge in [-0.2, -0.15) is 0 Å². The number of amides is 2. The van der Waals surface area contributed by atoms with Crippen molar-refractivity contribution in [2.24, 2.45) is 0 Å². The summed E-state index contributed by atoms with van der Waals surface area (Å²) in [6.45, 7) is 3.79. The van der Waals surface area contributed by atoms with E-state index in [-0.39, 0.29) is 6.03 Å². The lowest BCUT2D eigenvalue weighted by atomic mass is 10.2. The fourth-order valence-corrected chi connectivity index (χ4v) is 2.46. The molecule has 0 unspecified atom stereocenters. The van der Waals surface area contributed by atoms with Crippen LogP contribution < -0.4 is 15.4 Å².